The van der Waals surface area contributed by atoms with Crippen molar-refractivity contribution in [3.63, 3.8) is 0 Å². The number of rotatable bonds is 6. The normalized spacial score (nSPS) is 17.7. The average Bonchev–Trinajstić information content (AvgIpc) is 2.94. The van der Waals surface area contributed by atoms with Crippen LogP contribution in [0.25, 0.3) is 0 Å². The lowest BCUT2D eigenvalue weighted by Gasteiger charge is -2.25. The van der Waals surface area contributed by atoms with Crippen LogP contribution in [0.3, 0.4) is 0 Å². The number of methoxy groups -OCH3 is 1. The molecule has 1 heterocycles. The maximum absolute atomic E-state index is 12.3. The van der Waals surface area contributed by atoms with Gasteiger partial charge in [-0.25, -0.2) is 4.79 Å². The van der Waals surface area contributed by atoms with Crippen LogP contribution in [0.1, 0.15) is 25.8 Å². The smallest absolute Gasteiger partial charge is 0.330 e. The van der Waals surface area contributed by atoms with E-state index in [4.69, 9.17) is 0 Å². The van der Waals surface area contributed by atoms with Gasteiger partial charge >= 0.3 is 5.97 Å². The summed E-state index contributed by atoms with van der Waals surface area (Å²) in [6, 6.07) is 9.92. The number of nitrogens with zero attached hydrogens (tertiary/aromatic N) is 1. The lowest BCUT2D eigenvalue weighted by atomic mass is 10.0. The molecule has 1 saturated heterocycles. The minimum Gasteiger partial charge on any atom is -0.467 e. The number of esters is 1. The molecule has 0 radical (unpaired) electrons. The van der Waals surface area contributed by atoms with E-state index in [0.29, 0.717) is 13.1 Å². The molecule has 0 saturated carbocycles. The molecule has 2 rings (SSSR count). The van der Waals surface area contributed by atoms with Gasteiger partial charge in [-0.15, -0.1) is 0 Å². The predicted octanol–water partition coefficient (Wildman–Crippen LogP) is 1.15. The molecular formula is C18H24N2O4. The molecule has 24 heavy (non-hydrogen) atoms. The Labute approximate surface area is 142 Å². The summed E-state index contributed by atoms with van der Waals surface area (Å²) in [5, 5.41) is 2.67. The Hall–Kier alpha value is -2.37. The van der Waals surface area contributed by atoms with Crippen LogP contribution in [-0.4, -0.2) is 48.4 Å². The fourth-order valence-electron chi connectivity index (χ4n) is 2.79. The second kappa shape index (κ2) is 7.47. The molecule has 1 aromatic carbocycles. The molecule has 1 aliphatic heterocycles. The van der Waals surface area contributed by atoms with Gasteiger partial charge in [0.2, 0.25) is 11.8 Å². The van der Waals surface area contributed by atoms with Crippen molar-refractivity contribution in [1.29, 1.82) is 0 Å². The van der Waals surface area contributed by atoms with E-state index in [9.17, 15) is 14.4 Å². The van der Waals surface area contributed by atoms with E-state index in [1.165, 1.54) is 7.11 Å². The molecule has 2 amide bonds. The third-order valence-corrected chi connectivity index (χ3v) is 4.23. The van der Waals surface area contributed by atoms with Crippen LogP contribution in [-0.2, 0) is 25.5 Å². The fourth-order valence-corrected chi connectivity index (χ4v) is 2.79. The third-order valence-electron chi connectivity index (χ3n) is 4.23. The molecule has 1 fully saturated rings. The zero-order valence-electron chi connectivity index (χ0n) is 14.4. The fraction of sp³-hybridized carbons (Fsp3) is 0.500. The minimum atomic E-state index is -1.10. The number of hydrogen-bond donors (Lipinski definition) is 1. The molecular weight excluding hydrogens is 308 g/mol. The van der Waals surface area contributed by atoms with Gasteiger partial charge in [0.25, 0.3) is 0 Å². The first-order chi connectivity index (χ1) is 11.3. The summed E-state index contributed by atoms with van der Waals surface area (Å²) in [6.45, 7) is 4.14. The zero-order chi connectivity index (χ0) is 17.7. The van der Waals surface area contributed by atoms with Gasteiger partial charge in [-0.2, -0.15) is 0 Å². The summed E-state index contributed by atoms with van der Waals surface area (Å²) < 4.78 is 4.68. The molecule has 1 aliphatic rings. The minimum absolute atomic E-state index is 0.0260. The van der Waals surface area contributed by atoms with Gasteiger partial charge in [0.05, 0.1) is 13.0 Å². The number of hydrogen-bond acceptors (Lipinski definition) is 4. The van der Waals surface area contributed by atoms with Crippen LogP contribution in [0.2, 0.25) is 0 Å². The summed E-state index contributed by atoms with van der Waals surface area (Å²) in [4.78, 5) is 37.8. The number of carbonyl (C=O) groups is 3. The Balaban J connectivity index is 1.89. The van der Waals surface area contributed by atoms with E-state index < -0.39 is 17.4 Å². The Morgan fingerprint density at radius 3 is 2.58 bits per heavy atom. The molecule has 1 N–H and O–H groups in total. The maximum atomic E-state index is 12.3. The molecule has 0 spiro atoms. The van der Waals surface area contributed by atoms with E-state index in [2.05, 4.69) is 10.1 Å². The van der Waals surface area contributed by atoms with Crippen LogP contribution >= 0.6 is 0 Å². The van der Waals surface area contributed by atoms with E-state index in [0.717, 1.165) is 12.0 Å². The van der Waals surface area contributed by atoms with Crippen molar-refractivity contribution >= 4 is 17.8 Å². The van der Waals surface area contributed by atoms with Gasteiger partial charge in [-0.1, -0.05) is 30.3 Å². The summed E-state index contributed by atoms with van der Waals surface area (Å²) >= 11 is 0. The second-order valence-electron chi connectivity index (χ2n) is 6.58. The quantitative estimate of drug-likeness (QED) is 0.793. The van der Waals surface area contributed by atoms with Gasteiger partial charge < -0.3 is 15.0 Å². The molecule has 130 valence electrons. The first kappa shape index (κ1) is 18.0. The third kappa shape index (κ3) is 4.34. The van der Waals surface area contributed by atoms with Gasteiger partial charge in [0.1, 0.15) is 5.54 Å². The number of nitrogens with one attached hydrogen (secondary N) is 1. The van der Waals surface area contributed by atoms with Gasteiger partial charge in [0, 0.05) is 19.5 Å². The van der Waals surface area contributed by atoms with Crippen LogP contribution in [0.15, 0.2) is 30.3 Å². The molecule has 1 atom stereocenters. The summed E-state index contributed by atoms with van der Waals surface area (Å²) in [5.74, 6) is -1.26. The van der Waals surface area contributed by atoms with E-state index in [-0.39, 0.29) is 18.2 Å². The molecule has 6 heteroatoms. The van der Waals surface area contributed by atoms with Crippen molar-refractivity contribution in [2.75, 3.05) is 20.2 Å². The predicted molar refractivity (Wildman–Crippen MR) is 89.1 cm³/mol. The van der Waals surface area contributed by atoms with Crippen LogP contribution in [0.5, 0.6) is 0 Å². The largest absolute Gasteiger partial charge is 0.467 e. The van der Waals surface area contributed by atoms with Crippen molar-refractivity contribution in [3.8, 4) is 0 Å². The lowest BCUT2D eigenvalue weighted by Crippen LogP contribution is -2.52. The first-order valence-corrected chi connectivity index (χ1v) is 8.05. The van der Waals surface area contributed by atoms with Crippen molar-refractivity contribution in [1.82, 2.24) is 10.2 Å². The van der Waals surface area contributed by atoms with E-state index in [1.807, 2.05) is 30.3 Å². The number of benzene rings is 1. The number of likely N-dealkylation sites (tertiary alicyclic amines) is 1. The highest BCUT2D eigenvalue weighted by atomic mass is 16.5. The van der Waals surface area contributed by atoms with Crippen LogP contribution in [0.4, 0.5) is 0 Å². The molecule has 0 aromatic heterocycles. The highest BCUT2D eigenvalue weighted by molar-refractivity contribution is 5.92. The number of ether oxygens (including phenoxy) is 1. The first-order valence-electron chi connectivity index (χ1n) is 8.05. The van der Waals surface area contributed by atoms with E-state index in [1.54, 1.807) is 18.7 Å². The summed E-state index contributed by atoms with van der Waals surface area (Å²) in [5.41, 5.74) is 0.0526. The average molecular weight is 332 g/mol. The highest BCUT2D eigenvalue weighted by Gasteiger charge is 2.38. The maximum Gasteiger partial charge on any atom is 0.330 e. The number of carbonyl (C=O) groups excluding carboxylic acids is 3. The van der Waals surface area contributed by atoms with Crippen molar-refractivity contribution in [2.45, 2.75) is 32.2 Å². The van der Waals surface area contributed by atoms with Gasteiger partial charge in [-0.05, 0) is 25.8 Å². The van der Waals surface area contributed by atoms with Crippen LogP contribution in [0, 0.1) is 5.92 Å². The lowest BCUT2D eigenvalue weighted by molar-refractivity contribution is -0.149. The topological polar surface area (TPSA) is 75.7 Å². The van der Waals surface area contributed by atoms with Crippen molar-refractivity contribution < 1.29 is 19.1 Å². The Morgan fingerprint density at radius 2 is 1.96 bits per heavy atom. The highest BCUT2D eigenvalue weighted by Crippen LogP contribution is 2.20. The summed E-state index contributed by atoms with van der Waals surface area (Å²) in [7, 11) is 1.28. The molecule has 0 aliphatic carbocycles. The second-order valence-corrected chi connectivity index (χ2v) is 6.58. The molecule has 0 unspecified atom stereocenters. The monoisotopic (exact) mass is 332 g/mol. The van der Waals surface area contributed by atoms with Crippen LogP contribution < -0.4 is 5.32 Å². The standard InChI is InChI=1S/C18H24N2O4/c1-18(2,17(23)24-3)19-16(22)14-11-15(21)20(12-14)10-9-13-7-5-4-6-8-13/h4-8,14H,9-12H2,1-3H3,(H,19,22)/t14-/m0/s1. The van der Waals surface area contributed by atoms with Gasteiger partial charge in [-0.3, -0.25) is 9.59 Å². The summed E-state index contributed by atoms with van der Waals surface area (Å²) in [6.07, 6.45) is 0.937. The Kier molecular flexibility index (Phi) is 5.59. The molecule has 0 bridgehead atoms. The Bertz CT molecular complexity index is 613. The van der Waals surface area contributed by atoms with E-state index >= 15 is 0 Å². The Morgan fingerprint density at radius 1 is 1.29 bits per heavy atom. The van der Waals surface area contributed by atoms with Crippen molar-refractivity contribution in [3.05, 3.63) is 35.9 Å². The number of amides is 2. The molecule has 6 nitrogen and oxygen atoms in total. The zero-order valence-corrected chi connectivity index (χ0v) is 14.4. The van der Waals surface area contributed by atoms with Gasteiger partial charge in [0.15, 0.2) is 0 Å². The molecule has 1 aromatic rings. The SMILES string of the molecule is COC(=O)C(C)(C)NC(=O)[C@H]1CC(=O)N(CCc2ccccc2)C1. The van der Waals surface area contributed by atoms with Crippen molar-refractivity contribution in [2.24, 2.45) is 5.92 Å².